The SMILES string of the molecule is COc1ccc(OCC(=O)Nc2ccc3c(c2)C(=O)N2CCCC2C(=O)N3)cc1. The maximum Gasteiger partial charge on any atom is 0.262 e. The number of hydrogen-bond acceptors (Lipinski definition) is 5. The van der Waals surface area contributed by atoms with E-state index < -0.39 is 6.04 Å². The summed E-state index contributed by atoms with van der Waals surface area (Å²) in [6, 6.07) is 11.3. The molecular weight excluding hydrogens is 374 g/mol. The number of hydrogen-bond donors (Lipinski definition) is 2. The van der Waals surface area contributed by atoms with Gasteiger partial charge in [0.1, 0.15) is 17.5 Å². The van der Waals surface area contributed by atoms with E-state index in [2.05, 4.69) is 10.6 Å². The molecule has 0 aromatic heterocycles. The summed E-state index contributed by atoms with van der Waals surface area (Å²) in [6.07, 6.45) is 1.47. The van der Waals surface area contributed by atoms with Gasteiger partial charge < -0.3 is 25.0 Å². The van der Waals surface area contributed by atoms with E-state index in [0.29, 0.717) is 41.4 Å². The van der Waals surface area contributed by atoms with E-state index in [4.69, 9.17) is 9.47 Å². The van der Waals surface area contributed by atoms with Crippen molar-refractivity contribution in [2.75, 3.05) is 30.9 Å². The topological polar surface area (TPSA) is 97.0 Å². The standard InChI is InChI=1S/C21H21N3O5/c1-28-14-5-7-15(8-6-14)29-12-19(25)22-13-4-9-17-16(11-13)21(27)24-10-2-3-18(24)20(26)23-17/h4-9,11,18H,2-3,10,12H2,1H3,(H,22,25)(H,23,26). The van der Waals surface area contributed by atoms with Crippen LogP contribution in [-0.2, 0) is 9.59 Å². The number of carbonyl (C=O) groups excluding carboxylic acids is 3. The predicted octanol–water partition coefficient (Wildman–Crippen LogP) is 2.27. The summed E-state index contributed by atoms with van der Waals surface area (Å²) in [5.41, 5.74) is 1.30. The lowest BCUT2D eigenvalue weighted by atomic mass is 10.1. The summed E-state index contributed by atoms with van der Waals surface area (Å²) < 4.78 is 10.5. The highest BCUT2D eigenvalue weighted by molar-refractivity contribution is 6.11. The first kappa shape index (κ1) is 18.8. The number of carbonyl (C=O) groups is 3. The van der Waals surface area contributed by atoms with Gasteiger partial charge in [-0.1, -0.05) is 0 Å². The summed E-state index contributed by atoms with van der Waals surface area (Å²) in [4.78, 5) is 39.0. The molecule has 0 radical (unpaired) electrons. The zero-order chi connectivity index (χ0) is 20.4. The molecule has 1 atom stereocenters. The smallest absolute Gasteiger partial charge is 0.262 e. The van der Waals surface area contributed by atoms with Gasteiger partial charge in [-0.05, 0) is 55.3 Å². The molecule has 1 saturated heterocycles. The molecule has 3 amide bonds. The molecule has 1 unspecified atom stereocenters. The molecule has 2 aromatic carbocycles. The molecule has 29 heavy (non-hydrogen) atoms. The second-order valence-corrected chi connectivity index (χ2v) is 6.92. The van der Waals surface area contributed by atoms with Crippen LogP contribution in [0.5, 0.6) is 11.5 Å². The van der Waals surface area contributed by atoms with Gasteiger partial charge in [-0.15, -0.1) is 0 Å². The van der Waals surface area contributed by atoms with Crippen LogP contribution in [0.4, 0.5) is 11.4 Å². The molecule has 0 saturated carbocycles. The quantitative estimate of drug-likeness (QED) is 0.810. The van der Waals surface area contributed by atoms with Crippen molar-refractivity contribution in [1.29, 1.82) is 0 Å². The molecule has 0 aliphatic carbocycles. The van der Waals surface area contributed by atoms with E-state index >= 15 is 0 Å². The third kappa shape index (κ3) is 3.87. The molecule has 8 nitrogen and oxygen atoms in total. The van der Waals surface area contributed by atoms with Crippen LogP contribution in [0.1, 0.15) is 23.2 Å². The van der Waals surface area contributed by atoms with Crippen LogP contribution < -0.4 is 20.1 Å². The number of amides is 3. The highest BCUT2D eigenvalue weighted by Crippen LogP contribution is 2.30. The molecular formula is C21H21N3O5. The van der Waals surface area contributed by atoms with Crippen LogP contribution in [0.25, 0.3) is 0 Å². The van der Waals surface area contributed by atoms with Crippen molar-refractivity contribution in [3.8, 4) is 11.5 Å². The molecule has 4 rings (SSSR count). The number of nitrogens with one attached hydrogen (secondary N) is 2. The minimum Gasteiger partial charge on any atom is -0.497 e. The van der Waals surface area contributed by atoms with Crippen molar-refractivity contribution in [2.45, 2.75) is 18.9 Å². The Bertz CT molecular complexity index is 957. The van der Waals surface area contributed by atoms with Gasteiger partial charge >= 0.3 is 0 Å². The van der Waals surface area contributed by atoms with Crippen molar-refractivity contribution >= 4 is 29.1 Å². The van der Waals surface area contributed by atoms with Gasteiger partial charge in [0.2, 0.25) is 5.91 Å². The largest absolute Gasteiger partial charge is 0.497 e. The highest BCUT2D eigenvalue weighted by Gasteiger charge is 2.38. The van der Waals surface area contributed by atoms with Crippen molar-refractivity contribution in [2.24, 2.45) is 0 Å². The van der Waals surface area contributed by atoms with Crippen LogP contribution in [-0.4, -0.2) is 48.9 Å². The van der Waals surface area contributed by atoms with E-state index in [1.165, 1.54) is 0 Å². The van der Waals surface area contributed by atoms with Gasteiger partial charge in [0.05, 0.1) is 18.4 Å². The Morgan fingerprint density at radius 3 is 2.69 bits per heavy atom. The molecule has 2 aliphatic rings. The summed E-state index contributed by atoms with van der Waals surface area (Å²) in [6.45, 7) is 0.380. The molecule has 2 N–H and O–H groups in total. The van der Waals surface area contributed by atoms with Crippen LogP contribution >= 0.6 is 0 Å². The van der Waals surface area contributed by atoms with Crippen molar-refractivity contribution in [3.63, 3.8) is 0 Å². The molecule has 0 bridgehead atoms. The van der Waals surface area contributed by atoms with Crippen LogP contribution in [0.15, 0.2) is 42.5 Å². The lowest BCUT2D eigenvalue weighted by molar-refractivity contribution is -0.119. The first-order valence-electron chi connectivity index (χ1n) is 9.38. The lowest BCUT2D eigenvalue weighted by Gasteiger charge is -2.20. The summed E-state index contributed by atoms with van der Waals surface area (Å²) in [7, 11) is 1.57. The van der Waals surface area contributed by atoms with Crippen LogP contribution in [0, 0.1) is 0 Å². The molecule has 2 heterocycles. The average molecular weight is 395 g/mol. The second-order valence-electron chi connectivity index (χ2n) is 6.92. The van der Waals surface area contributed by atoms with Gasteiger partial charge in [-0.25, -0.2) is 0 Å². The molecule has 1 fully saturated rings. The molecule has 8 heteroatoms. The maximum absolute atomic E-state index is 12.9. The van der Waals surface area contributed by atoms with E-state index in [0.717, 1.165) is 6.42 Å². The predicted molar refractivity (Wildman–Crippen MR) is 106 cm³/mol. The number of benzene rings is 2. The summed E-state index contributed by atoms with van der Waals surface area (Å²) in [5.74, 6) is 0.514. The normalized spacial score (nSPS) is 17.7. The van der Waals surface area contributed by atoms with Gasteiger partial charge in [0.25, 0.3) is 11.8 Å². The first-order chi connectivity index (χ1) is 14.0. The summed E-state index contributed by atoms with van der Waals surface area (Å²) in [5, 5.41) is 5.54. The molecule has 2 aromatic rings. The van der Waals surface area contributed by atoms with Crippen LogP contribution in [0.3, 0.4) is 0 Å². The Morgan fingerprint density at radius 2 is 1.93 bits per heavy atom. The average Bonchev–Trinajstić information content (AvgIpc) is 3.20. The maximum atomic E-state index is 12.9. The molecule has 2 aliphatic heterocycles. The van der Waals surface area contributed by atoms with Gasteiger partial charge in [-0.3, -0.25) is 14.4 Å². The number of anilines is 2. The fraction of sp³-hybridized carbons (Fsp3) is 0.286. The lowest BCUT2D eigenvalue weighted by Crippen LogP contribution is -2.40. The van der Waals surface area contributed by atoms with E-state index in [1.807, 2.05) is 0 Å². The minimum atomic E-state index is -0.425. The number of ether oxygens (including phenoxy) is 2. The van der Waals surface area contributed by atoms with Gasteiger partial charge in [-0.2, -0.15) is 0 Å². The Morgan fingerprint density at radius 1 is 1.17 bits per heavy atom. The van der Waals surface area contributed by atoms with E-state index in [9.17, 15) is 14.4 Å². The van der Waals surface area contributed by atoms with Gasteiger partial charge in [0.15, 0.2) is 6.61 Å². The Kier molecular flexibility index (Phi) is 5.07. The monoisotopic (exact) mass is 395 g/mol. The highest BCUT2D eigenvalue weighted by atomic mass is 16.5. The third-order valence-electron chi connectivity index (χ3n) is 5.04. The van der Waals surface area contributed by atoms with Crippen molar-refractivity contribution in [3.05, 3.63) is 48.0 Å². The van der Waals surface area contributed by atoms with Crippen molar-refractivity contribution in [1.82, 2.24) is 4.90 Å². The molecule has 150 valence electrons. The van der Waals surface area contributed by atoms with E-state index in [-0.39, 0.29) is 24.3 Å². The minimum absolute atomic E-state index is 0.167. The Balaban J connectivity index is 1.43. The number of rotatable bonds is 5. The summed E-state index contributed by atoms with van der Waals surface area (Å²) >= 11 is 0. The number of fused-ring (bicyclic) bond motifs is 2. The van der Waals surface area contributed by atoms with Crippen LogP contribution in [0.2, 0.25) is 0 Å². The zero-order valence-corrected chi connectivity index (χ0v) is 15.9. The van der Waals surface area contributed by atoms with Gasteiger partial charge in [0, 0.05) is 12.2 Å². The molecule has 0 spiro atoms. The second kappa shape index (κ2) is 7.83. The zero-order valence-electron chi connectivity index (χ0n) is 15.9. The fourth-order valence-corrected chi connectivity index (χ4v) is 3.58. The van der Waals surface area contributed by atoms with Crippen molar-refractivity contribution < 1.29 is 23.9 Å². The van der Waals surface area contributed by atoms with E-state index in [1.54, 1.807) is 54.5 Å². The fourth-order valence-electron chi connectivity index (χ4n) is 3.58. The first-order valence-corrected chi connectivity index (χ1v) is 9.38. The number of methoxy groups -OCH3 is 1. The Hall–Kier alpha value is -3.55. The third-order valence-corrected chi connectivity index (χ3v) is 5.04. The Labute approximate surface area is 167 Å². The number of nitrogens with zero attached hydrogens (tertiary/aromatic N) is 1.